The summed E-state index contributed by atoms with van der Waals surface area (Å²) in [7, 11) is 0. The summed E-state index contributed by atoms with van der Waals surface area (Å²) in [4.78, 5) is 40.3. The Kier molecular flexibility index (Phi) is 7.04. The van der Waals surface area contributed by atoms with Crippen molar-refractivity contribution < 1.29 is 19.1 Å². The molecule has 5 aromatic rings. The lowest BCUT2D eigenvalue weighted by Crippen LogP contribution is -2.36. The van der Waals surface area contributed by atoms with Crippen LogP contribution in [0.4, 0.5) is 10.5 Å². The summed E-state index contributed by atoms with van der Waals surface area (Å²) >= 11 is 0.822. The molecular formula is C33H24N2O4S. The van der Waals surface area contributed by atoms with Gasteiger partial charge < -0.3 is 10.1 Å². The van der Waals surface area contributed by atoms with Crippen molar-refractivity contribution in [2.75, 3.05) is 11.9 Å². The lowest BCUT2D eigenvalue weighted by Gasteiger charge is -2.14. The van der Waals surface area contributed by atoms with Crippen LogP contribution in [0.5, 0.6) is 5.75 Å². The zero-order chi connectivity index (χ0) is 27.5. The zero-order valence-electron chi connectivity index (χ0n) is 21.4. The Bertz CT molecular complexity index is 1790. The Morgan fingerprint density at radius 2 is 1.45 bits per heavy atom. The standard InChI is InChI=1S/C33H24N2O4S/c36-31(34-28-16-8-13-23-11-5-7-15-26(23)28)20-35-32(37)30(40-33(35)38)19-27-25-14-6-4-12-24(25)17-18-29(27)39-21-22-9-2-1-3-10-22/h1-19H,20-21H2,(H,34,36)/b30-19+. The number of anilines is 1. The lowest BCUT2D eigenvalue weighted by atomic mass is 10.0. The Labute approximate surface area is 235 Å². The van der Waals surface area contributed by atoms with Crippen LogP contribution in [0.25, 0.3) is 27.6 Å². The second-order valence-electron chi connectivity index (χ2n) is 9.32. The first-order chi connectivity index (χ1) is 19.6. The van der Waals surface area contributed by atoms with Crippen molar-refractivity contribution in [1.82, 2.24) is 4.90 Å². The van der Waals surface area contributed by atoms with Crippen LogP contribution in [0, 0.1) is 0 Å². The Hall–Kier alpha value is -4.88. The van der Waals surface area contributed by atoms with Crippen LogP contribution in [0.15, 0.2) is 114 Å². The van der Waals surface area contributed by atoms with Gasteiger partial charge in [0.25, 0.3) is 11.1 Å². The Morgan fingerprint density at radius 1 is 0.775 bits per heavy atom. The Morgan fingerprint density at radius 3 is 2.25 bits per heavy atom. The molecule has 1 heterocycles. The minimum absolute atomic E-state index is 0.240. The summed E-state index contributed by atoms with van der Waals surface area (Å²) < 4.78 is 6.17. The minimum atomic E-state index is -0.509. The number of carbonyl (C=O) groups is 3. The first-order valence-corrected chi connectivity index (χ1v) is 13.6. The van der Waals surface area contributed by atoms with Gasteiger partial charge in [-0.2, -0.15) is 0 Å². The van der Waals surface area contributed by atoms with Gasteiger partial charge in [0.2, 0.25) is 5.91 Å². The number of fused-ring (bicyclic) bond motifs is 2. The second kappa shape index (κ2) is 11.1. The molecule has 40 heavy (non-hydrogen) atoms. The number of rotatable bonds is 7. The van der Waals surface area contributed by atoms with E-state index in [0.717, 1.165) is 43.8 Å². The molecule has 7 heteroatoms. The number of benzene rings is 5. The van der Waals surface area contributed by atoms with Gasteiger partial charge in [-0.1, -0.05) is 97.1 Å². The lowest BCUT2D eigenvalue weighted by molar-refractivity contribution is -0.127. The van der Waals surface area contributed by atoms with Crippen molar-refractivity contribution in [2.24, 2.45) is 0 Å². The van der Waals surface area contributed by atoms with E-state index in [1.54, 1.807) is 12.1 Å². The van der Waals surface area contributed by atoms with Crippen LogP contribution >= 0.6 is 11.8 Å². The predicted molar refractivity (Wildman–Crippen MR) is 160 cm³/mol. The molecule has 0 aromatic heterocycles. The van der Waals surface area contributed by atoms with E-state index in [4.69, 9.17) is 4.74 Å². The van der Waals surface area contributed by atoms with Crippen LogP contribution in [0.1, 0.15) is 11.1 Å². The number of ether oxygens (including phenoxy) is 1. The number of nitrogens with zero attached hydrogens (tertiary/aromatic N) is 1. The van der Waals surface area contributed by atoms with E-state index in [-0.39, 0.29) is 11.4 Å². The summed E-state index contributed by atoms with van der Waals surface area (Å²) in [5, 5.41) is 6.10. The first kappa shape index (κ1) is 25.4. The summed E-state index contributed by atoms with van der Waals surface area (Å²) in [5.41, 5.74) is 2.35. The van der Waals surface area contributed by atoms with Gasteiger partial charge in [0.1, 0.15) is 18.9 Å². The fourth-order valence-corrected chi connectivity index (χ4v) is 5.54. The summed E-state index contributed by atoms with van der Waals surface area (Å²) in [6.45, 7) is -0.0199. The number of carbonyl (C=O) groups excluding carboxylic acids is 3. The van der Waals surface area contributed by atoms with Crippen LogP contribution in [-0.2, 0) is 16.2 Å². The third kappa shape index (κ3) is 5.19. The van der Waals surface area contributed by atoms with Crippen molar-refractivity contribution in [3.05, 3.63) is 125 Å². The molecule has 0 radical (unpaired) electrons. The highest BCUT2D eigenvalue weighted by Gasteiger charge is 2.36. The molecule has 1 N–H and O–H groups in total. The molecule has 0 aliphatic carbocycles. The molecule has 6 rings (SSSR count). The molecule has 1 fully saturated rings. The summed E-state index contributed by atoms with van der Waals surface area (Å²) in [6, 6.07) is 34.7. The van der Waals surface area contributed by atoms with E-state index in [9.17, 15) is 14.4 Å². The van der Waals surface area contributed by atoms with Crippen LogP contribution in [0.3, 0.4) is 0 Å². The third-order valence-corrected chi connectivity index (χ3v) is 7.59. The van der Waals surface area contributed by atoms with Crippen LogP contribution < -0.4 is 10.1 Å². The number of amides is 3. The monoisotopic (exact) mass is 544 g/mol. The molecule has 1 saturated heterocycles. The maximum Gasteiger partial charge on any atom is 0.294 e. The SMILES string of the molecule is O=C(CN1C(=O)S/C(=C/c2c(OCc3ccccc3)ccc3ccccc23)C1=O)Nc1cccc2ccccc12. The quantitative estimate of drug-likeness (QED) is 0.219. The minimum Gasteiger partial charge on any atom is -0.488 e. The highest BCUT2D eigenvalue weighted by Crippen LogP contribution is 2.37. The number of imide groups is 1. The summed E-state index contributed by atoms with van der Waals surface area (Å²) in [6.07, 6.45) is 1.69. The normalized spacial score (nSPS) is 14.3. The van der Waals surface area contributed by atoms with Crippen LogP contribution in [0.2, 0.25) is 0 Å². The van der Waals surface area contributed by atoms with Gasteiger partial charge >= 0.3 is 0 Å². The fraction of sp³-hybridized carbons (Fsp3) is 0.0606. The molecule has 0 saturated carbocycles. The molecule has 0 spiro atoms. The largest absolute Gasteiger partial charge is 0.488 e. The van der Waals surface area contributed by atoms with Crippen molar-refractivity contribution in [3.8, 4) is 5.75 Å². The van der Waals surface area contributed by atoms with Gasteiger partial charge in [0.15, 0.2) is 0 Å². The molecule has 3 amide bonds. The molecule has 0 unspecified atom stereocenters. The fourth-order valence-electron chi connectivity index (χ4n) is 4.72. The average molecular weight is 545 g/mol. The molecule has 1 aliphatic rings. The van der Waals surface area contributed by atoms with Gasteiger partial charge in [-0.3, -0.25) is 19.3 Å². The zero-order valence-corrected chi connectivity index (χ0v) is 22.2. The number of thioether (sulfide) groups is 1. The van der Waals surface area contributed by atoms with Crippen molar-refractivity contribution in [3.63, 3.8) is 0 Å². The highest BCUT2D eigenvalue weighted by molar-refractivity contribution is 8.18. The van der Waals surface area contributed by atoms with Gasteiger partial charge in [0.05, 0.1) is 4.91 Å². The molecule has 5 aromatic carbocycles. The second-order valence-corrected chi connectivity index (χ2v) is 10.3. The smallest absolute Gasteiger partial charge is 0.294 e. The van der Waals surface area contributed by atoms with E-state index in [2.05, 4.69) is 5.32 Å². The van der Waals surface area contributed by atoms with Crippen molar-refractivity contribution in [2.45, 2.75) is 6.61 Å². The topological polar surface area (TPSA) is 75.7 Å². The van der Waals surface area contributed by atoms with Crippen molar-refractivity contribution >= 4 is 62.1 Å². The number of hydrogen-bond acceptors (Lipinski definition) is 5. The maximum absolute atomic E-state index is 13.3. The summed E-state index contributed by atoms with van der Waals surface area (Å²) in [5.74, 6) is -0.356. The van der Waals surface area contributed by atoms with E-state index in [0.29, 0.717) is 23.6 Å². The first-order valence-electron chi connectivity index (χ1n) is 12.8. The van der Waals surface area contributed by atoms with E-state index in [1.807, 2.05) is 103 Å². The highest BCUT2D eigenvalue weighted by atomic mass is 32.2. The van der Waals surface area contributed by atoms with Crippen molar-refractivity contribution in [1.29, 1.82) is 0 Å². The molecule has 1 aliphatic heterocycles. The third-order valence-electron chi connectivity index (χ3n) is 6.68. The average Bonchev–Trinajstić information content (AvgIpc) is 3.24. The van der Waals surface area contributed by atoms with Gasteiger partial charge in [-0.15, -0.1) is 0 Å². The number of nitrogens with one attached hydrogen (secondary N) is 1. The maximum atomic E-state index is 13.3. The van der Waals surface area contributed by atoms with E-state index < -0.39 is 17.1 Å². The number of hydrogen-bond donors (Lipinski definition) is 1. The van der Waals surface area contributed by atoms with Gasteiger partial charge in [0, 0.05) is 16.6 Å². The molecule has 0 bridgehead atoms. The molecule has 0 atom stereocenters. The van der Waals surface area contributed by atoms with Gasteiger partial charge in [-0.05, 0) is 51.7 Å². The molecule has 196 valence electrons. The van der Waals surface area contributed by atoms with Gasteiger partial charge in [-0.25, -0.2) is 0 Å². The van der Waals surface area contributed by atoms with E-state index >= 15 is 0 Å². The predicted octanol–water partition coefficient (Wildman–Crippen LogP) is 7.25. The molecular weight excluding hydrogens is 520 g/mol. The van der Waals surface area contributed by atoms with Crippen LogP contribution in [-0.4, -0.2) is 28.5 Å². The Balaban J connectivity index is 1.25. The van der Waals surface area contributed by atoms with E-state index in [1.165, 1.54) is 0 Å². The molecule has 6 nitrogen and oxygen atoms in total.